The molecule has 27 heavy (non-hydrogen) atoms. The van der Waals surface area contributed by atoms with Gasteiger partial charge in [0.1, 0.15) is 41.2 Å². The lowest BCUT2D eigenvalue weighted by Gasteiger charge is -2.39. The fraction of sp³-hybridized carbons (Fsp3) is 0.700. The van der Waals surface area contributed by atoms with E-state index in [1.807, 2.05) is 6.92 Å². The average molecular weight is 376 g/mol. The maximum absolute atomic E-state index is 12.4. The number of ether oxygens (including phenoxy) is 4. The van der Waals surface area contributed by atoms with Crippen LogP contribution in [0.5, 0.6) is 0 Å². The van der Waals surface area contributed by atoms with Gasteiger partial charge in [0, 0.05) is 17.1 Å². The number of carbonyl (C=O) groups excluding carboxylic acids is 2. The highest BCUT2D eigenvalue weighted by atomic mass is 16.7. The van der Waals surface area contributed by atoms with Crippen molar-refractivity contribution in [3.05, 3.63) is 23.8 Å². The minimum atomic E-state index is -1.44. The third-order valence-corrected chi connectivity index (χ3v) is 7.50. The molecule has 5 aliphatic rings. The third kappa shape index (κ3) is 1.83. The van der Waals surface area contributed by atoms with Crippen LogP contribution in [0.15, 0.2) is 23.8 Å². The zero-order valence-corrected chi connectivity index (χ0v) is 15.9. The molecule has 3 aliphatic heterocycles. The summed E-state index contributed by atoms with van der Waals surface area (Å²) < 4.78 is 23.3. The molecule has 0 amide bonds. The van der Waals surface area contributed by atoms with Crippen LogP contribution in [0.25, 0.3) is 0 Å². The van der Waals surface area contributed by atoms with Crippen molar-refractivity contribution in [3.63, 3.8) is 0 Å². The second kappa shape index (κ2) is 4.82. The molecule has 2 saturated carbocycles. The molecule has 2 aliphatic carbocycles. The molecule has 0 bridgehead atoms. The number of epoxide rings is 2. The number of esters is 2. The maximum atomic E-state index is 12.4. The number of hydrogen-bond acceptors (Lipinski definition) is 7. The molecule has 7 nitrogen and oxygen atoms in total. The molecule has 3 heterocycles. The molecule has 0 aromatic carbocycles. The predicted octanol–water partition coefficient (Wildman–Crippen LogP) is 1.04. The van der Waals surface area contributed by atoms with E-state index in [-0.39, 0.29) is 30.5 Å². The van der Waals surface area contributed by atoms with E-state index in [0.717, 1.165) is 0 Å². The van der Waals surface area contributed by atoms with E-state index in [9.17, 15) is 14.7 Å². The van der Waals surface area contributed by atoms with Crippen LogP contribution in [0.3, 0.4) is 0 Å². The van der Waals surface area contributed by atoms with Gasteiger partial charge >= 0.3 is 11.9 Å². The van der Waals surface area contributed by atoms with Crippen LogP contribution in [0.1, 0.15) is 34.1 Å². The van der Waals surface area contributed by atoms with Gasteiger partial charge in [-0.15, -0.1) is 0 Å². The fourth-order valence-electron chi connectivity index (χ4n) is 5.71. The Morgan fingerprint density at radius 3 is 2.70 bits per heavy atom. The predicted molar refractivity (Wildman–Crippen MR) is 91.4 cm³/mol. The Labute approximate surface area is 157 Å². The third-order valence-electron chi connectivity index (χ3n) is 7.50. The van der Waals surface area contributed by atoms with Crippen LogP contribution in [0.2, 0.25) is 0 Å². The first-order valence-electron chi connectivity index (χ1n) is 9.41. The summed E-state index contributed by atoms with van der Waals surface area (Å²) in [5, 5.41) is 11.6. The molecule has 0 unspecified atom stereocenters. The summed E-state index contributed by atoms with van der Waals surface area (Å²) in [5.41, 5.74) is -2.11. The maximum Gasteiger partial charge on any atom is 0.334 e. The van der Waals surface area contributed by atoms with Gasteiger partial charge in [0.2, 0.25) is 0 Å². The van der Waals surface area contributed by atoms with Crippen LogP contribution in [-0.2, 0) is 28.5 Å². The highest BCUT2D eigenvalue weighted by molar-refractivity contribution is 5.91. The summed E-state index contributed by atoms with van der Waals surface area (Å²) in [4.78, 5) is 24.7. The quantitative estimate of drug-likeness (QED) is 0.437. The molecule has 1 N–H and O–H groups in total. The Balaban J connectivity index is 1.59. The fourth-order valence-corrected chi connectivity index (χ4v) is 5.71. The summed E-state index contributed by atoms with van der Waals surface area (Å²) in [6, 6.07) is 0. The molecular weight excluding hydrogens is 352 g/mol. The first-order valence-corrected chi connectivity index (χ1v) is 9.41. The van der Waals surface area contributed by atoms with Crippen molar-refractivity contribution in [2.24, 2.45) is 11.8 Å². The SMILES string of the molecule is C=C1C(=O)O[C@H]2[C@H]1C[C@@H](OC(=O)/C(C)=C\C)[C@@](C)(O)[C@]13O[C@H]1[C@H]1O[C@@]1(C)[C@H]23. The van der Waals surface area contributed by atoms with Crippen molar-refractivity contribution < 1.29 is 33.6 Å². The first kappa shape index (κ1) is 17.4. The van der Waals surface area contributed by atoms with E-state index in [1.165, 1.54) is 0 Å². The van der Waals surface area contributed by atoms with Crippen molar-refractivity contribution in [1.29, 1.82) is 0 Å². The van der Waals surface area contributed by atoms with Crippen molar-refractivity contribution in [2.75, 3.05) is 0 Å². The molecule has 9 atom stereocenters. The monoisotopic (exact) mass is 376 g/mol. The summed E-state index contributed by atoms with van der Waals surface area (Å²) in [6.45, 7) is 10.9. The lowest BCUT2D eigenvalue weighted by molar-refractivity contribution is -0.175. The minimum absolute atomic E-state index is 0.145. The molecule has 5 fully saturated rings. The first-order chi connectivity index (χ1) is 12.6. The highest BCUT2D eigenvalue weighted by Crippen LogP contribution is 2.75. The number of carbonyl (C=O) groups is 2. The van der Waals surface area contributed by atoms with E-state index in [4.69, 9.17) is 18.9 Å². The zero-order chi connectivity index (χ0) is 19.5. The van der Waals surface area contributed by atoms with Crippen LogP contribution in [0, 0.1) is 11.8 Å². The Hall–Kier alpha value is -1.70. The molecule has 7 heteroatoms. The van der Waals surface area contributed by atoms with Gasteiger partial charge in [-0.1, -0.05) is 12.7 Å². The summed E-state index contributed by atoms with van der Waals surface area (Å²) >= 11 is 0. The van der Waals surface area contributed by atoms with E-state index in [0.29, 0.717) is 11.1 Å². The molecular formula is C20H24O7. The topological polar surface area (TPSA) is 97.9 Å². The van der Waals surface area contributed by atoms with Crippen molar-refractivity contribution in [2.45, 2.75) is 75.3 Å². The van der Waals surface area contributed by atoms with E-state index in [1.54, 1.807) is 26.8 Å². The Morgan fingerprint density at radius 1 is 1.33 bits per heavy atom. The molecule has 3 saturated heterocycles. The molecule has 0 aromatic heterocycles. The highest BCUT2D eigenvalue weighted by Gasteiger charge is 2.93. The Morgan fingerprint density at radius 2 is 2.04 bits per heavy atom. The summed E-state index contributed by atoms with van der Waals surface area (Å²) in [6.07, 6.45) is 0.113. The number of hydrogen-bond donors (Lipinski definition) is 1. The van der Waals surface area contributed by atoms with Crippen molar-refractivity contribution in [1.82, 2.24) is 0 Å². The van der Waals surface area contributed by atoms with Crippen LogP contribution in [0.4, 0.5) is 0 Å². The molecule has 0 aromatic rings. The summed E-state index contributed by atoms with van der Waals surface area (Å²) in [5.74, 6) is -1.63. The van der Waals surface area contributed by atoms with Gasteiger partial charge < -0.3 is 24.1 Å². The number of aliphatic hydroxyl groups is 1. The second-order valence-corrected chi connectivity index (χ2v) is 8.78. The van der Waals surface area contributed by atoms with E-state index in [2.05, 4.69) is 6.58 Å². The Bertz CT molecular complexity index is 813. The van der Waals surface area contributed by atoms with Gasteiger partial charge in [0.05, 0.1) is 5.92 Å². The number of allylic oxidation sites excluding steroid dienone is 1. The largest absolute Gasteiger partial charge is 0.458 e. The van der Waals surface area contributed by atoms with Gasteiger partial charge in [-0.2, -0.15) is 0 Å². The lowest BCUT2D eigenvalue weighted by atomic mass is 9.73. The molecule has 0 radical (unpaired) electrons. The van der Waals surface area contributed by atoms with Crippen LogP contribution in [-0.4, -0.2) is 58.3 Å². The smallest absolute Gasteiger partial charge is 0.334 e. The minimum Gasteiger partial charge on any atom is -0.458 e. The van der Waals surface area contributed by atoms with Gasteiger partial charge in [-0.25, -0.2) is 9.59 Å². The number of fused-ring (bicyclic) bond motifs is 5. The number of rotatable bonds is 2. The van der Waals surface area contributed by atoms with Crippen LogP contribution < -0.4 is 0 Å². The molecule has 5 rings (SSSR count). The second-order valence-electron chi connectivity index (χ2n) is 8.78. The van der Waals surface area contributed by atoms with Gasteiger partial charge in [0.25, 0.3) is 0 Å². The van der Waals surface area contributed by atoms with Gasteiger partial charge in [-0.05, 0) is 34.1 Å². The zero-order valence-electron chi connectivity index (χ0n) is 15.9. The summed E-state index contributed by atoms with van der Waals surface area (Å²) in [7, 11) is 0. The van der Waals surface area contributed by atoms with Gasteiger partial charge in [-0.3, -0.25) is 0 Å². The van der Waals surface area contributed by atoms with Crippen molar-refractivity contribution in [3.8, 4) is 0 Å². The van der Waals surface area contributed by atoms with E-state index < -0.39 is 40.9 Å². The average Bonchev–Trinajstić information content (AvgIpc) is 3.47. The van der Waals surface area contributed by atoms with Crippen molar-refractivity contribution >= 4 is 11.9 Å². The lowest BCUT2D eigenvalue weighted by Crippen LogP contribution is -2.59. The van der Waals surface area contributed by atoms with Gasteiger partial charge in [0.15, 0.2) is 0 Å². The Kier molecular flexibility index (Phi) is 3.11. The normalized spacial score (nSPS) is 54.9. The van der Waals surface area contributed by atoms with Crippen LogP contribution >= 0.6 is 0 Å². The molecule has 1 spiro atoms. The van der Waals surface area contributed by atoms with E-state index >= 15 is 0 Å². The molecule has 146 valence electrons. The standard InChI is InChI=1S/C20H24O7/c1-6-8(2)16(21)24-11-7-10-9(3)17(22)25-12(10)13-18(4)14(26-18)15-20(13,27-15)19(11,5)23/h6,10-15,23H,3,7H2,1-2,4-5H3/b8-6-/t10-,11+,12-,13-,14+,15-,18-,19+,20+/m0/s1.